The van der Waals surface area contributed by atoms with Crippen molar-refractivity contribution < 1.29 is 4.79 Å². The highest BCUT2D eigenvalue weighted by atomic mass is 16.2. The molecule has 0 saturated carbocycles. The van der Waals surface area contributed by atoms with E-state index in [2.05, 4.69) is 9.97 Å². The number of hydrogen-bond donors (Lipinski definition) is 0. The molecule has 3 aromatic rings. The molecule has 0 aliphatic rings. The molecule has 1 unspecified atom stereocenters. The first-order valence-electron chi connectivity index (χ1n) is 8.59. The second-order valence-electron chi connectivity index (χ2n) is 6.43. The Morgan fingerprint density at radius 3 is 2.69 bits per heavy atom. The number of amides is 1. The monoisotopic (exact) mass is 350 g/mol. The van der Waals surface area contributed by atoms with Gasteiger partial charge in [0.25, 0.3) is 5.56 Å². The lowest BCUT2D eigenvalue weighted by atomic mass is 10.1. The van der Waals surface area contributed by atoms with E-state index in [-0.39, 0.29) is 23.9 Å². The number of benzene rings is 1. The van der Waals surface area contributed by atoms with Crippen molar-refractivity contribution in [3.05, 3.63) is 70.5 Å². The van der Waals surface area contributed by atoms with Gasteiger partial charge in [-0.05, 0) is 43.2 Å². The van der Waals surface area contributed by atoms with Crippen molar-refractivity contribution in [3.63, 3.8) is 0 Å². The van der Waals surface area contributed by atoms with Crippen molar-refractivity contribution in [1.82, 2.24) is 19.4 Å². The molecule has 0 spiro atoms. The summed E-state index contributed by atoms with van der Waals surface area (Å²) in [5.41, 5.74) is 2.59. The summed E-state index contributed by atoms with van der Waals surface area (Å²) in [6.45, 7) is 4.21. The Morgan fingerprint density at radius 1 is 1.23 bits per heavy atom. The van der Waals surface area contributed by atoms with Gasteiger partial charge < -0.3 is 4.90 Å². The zero-order valence-electron chi connectivity index (χ0n) is 15.2. The minimum atomic E-state index is -0.115. The van der Waals surface area contributed by atoms with E-state index < -0.39 is 0 Å². The van der Waals surface area contributed by atoms with Crippen LogP contribution in [0.4, 0.5) is 0 Å². The summed E-state index contributed by atoms with van der Waals surface area (Å²) in [6, 6.07) is 9.29. The first-order chi connectivity index (χ1) is 12.5. The van der Waals surface area contributed by atoms with Gasteiger partial charge in [-0.3, -0.25) is 19.1 Å². The molecule has 1 aromatic carbocycles. The summed E-state index contributed by atoms with van der Waals surface area (Å²) in [4.78, 5) is 35.2. The van der Waals surface area contributed by atoms with E-state index in [1.54, 1.807) is 30.4 Å². The van der Waals surface area contributed by atoms with Crippen LogP contribution in [0.25, 0.3) is 10.9 Å². The van der Waals surface area contributed by atoms with Crippen LogP contribution in [-0.2, 0) is 11.3 Å². The summed E-state index contributed by atoms with van der Waals surface area (Å²) in [5, 5.41) is 0.582. The summed E-state index contributed by atoms with van der Waals surface area (Å²) in [5.74, 6) is -0.0226. The number of para-hydroxylation sites is 1. The molecule has 1 atom stereocenters. The topological polar surface area (TPSA) is 68.1 Å². The second-order valence-corrected chi connectivity index (χ2v) is 6.43. The Bertz CT molecular complexity index is 982. The van der Waals surface area contributed by atoms with Crippen molar-refractivity contribution in [2.75, 3.05) is 7.05 Å². The maximum atomic E-state index is 12.6. The maximum Gasteiger partial charge on any atom is 0.261 e. The zero-order chi connectivity index (χ0) is 18.7. The highest BCUT2D eigenvalue weighted by Gasteiger charge is 2.17. The van der Waals surface area contributed by atoms with Gasteiger partial charge in [0.05, 0.1) is 23.3 Å². The number of hydrogen-bond acceptors (Lipinski definition) is 4. The van der Waals surface area contributed by atoms with Crippen molar-refractivity contribution in [2.45, 2.75) is 32.9 Å². The van der Waals surface area contributed by atoms with Gasteiger partial charge in [-0.15, -0.1) is 0 Å². The Kier molecular flexibility index (Phi) is 5.11. The van der Waals surface area contributed by atoms with Crippen LogP contribution in [0.3, 0.4) is 0 Å². The van der Waals surface area contributed by atoms with Crippen LogP contribution in [0.15, 0.2) is 53.8 Å². The third-order valence-corrected chi connectivity index (χ3v) is 4.78. The first-order valence-corrected chi connectivity index (χ1v) is 8.59. The van der Waals surface area contributed by atoms with Crippen molar-refractivity contribution >= 4 is 16.8 Å². The highest BCUT2D eigenvalue weighted by Crippen LogP contribution is 2.18. The molecule has 0 fully saturated rings. The van der Waals surface area contributed by atoms with Crippen LogP contribution in [0.2, 0.25) is 0 Å². The van der Waals surface area contributed by atoms with Gasteiger partial charge >= 0.3 is 0 Å². The molecule has 0 N–H and O–H groups in total. The molecule has 1 amide bonds. The van der Waals surface area contributed by atoms with E-state index in [0.29, 0.717) is 17.4 Å². The Labute approximate surface area is 152 Å². The number of nitrogens with zero attached hydrogens (tertiary/aromatic N) is 4. The van der Waals surface area contributed by atoms with Gasteiger partial charge in [-0.2, -0.15) is 0 Å². The van der Waals surface area contributed by atoms with Gasteiger partial charge in [0, 0.05) is 32.4 Å². The summed E-state index contributed by atoms with van der Waals surface area (Å²) < 4.78 is 1.50. The first kappa shape index (κ1) is 17.8. The number of carbonyl (C=O) groups is 1. The van der Waals surface area contributed by atoms with E-state index in [1.807, 2.05) is 38.1 Å². The molecule has 26 heavy (non-hydrogen) atoms. The van der Waals surface area contributed by atoms with Crippen LogP contribution < -0.4 is 5.56 Å². The fourth-order valence-corrected chi connectivity index (χ4v) is 2.97. The maximum absolute atomic E-state index is 12.6. The zero-order valence-corrected chi connectivity index (χ0v) is 15.2. The van der Waals surface area contributed by atoms with E-state index in [0.717, 1.165) is 11.1 Å². The van der Waals surface area contributed by atoms with Crippen molar-refractivity contribution in [3.8, 4) is 0 Å². The van der Waals surface area contributed by atoms with E-state index >= 15 is 0 Å². The lowest BCUT2D eigenvalue weighted by Gasteiger charge is -2.25. The molecular formula is C20H22N4O2. The number of carbonyl (C=O) groups excluding carboxylic acids is 1. The van der Waals surface area contributed by atoms with Crippen LogP contribution in [-0.4, -0.2) is 32.4 Å². The normalized spacial score (nSPS) is 12.1. The minimum Gasteiger partial charge on any atom is -0.339 e. The quantitative estimate of drug-likeness (QED) is 0.709. The average Bonchev–Trinajstić information content (AvgIpc) is 2.67. The molecule has 6 nitrogen and oxygen atoms in total. The minimum absolute atomic E-state index is 0.0226. The molecule has 0 bridgehead atoms. The molecule has 2 aromatic heterocycles. The predicted octanol–water partition coefficient (Wildman–Crippen LogP) is 2.71. The number of fused-ring (bicyclic) bond motifs is 1. The van der Waals surface area contributed by atoms with Crippen LogP contribution in [0.5, 0.6) is 0 Å². The second kappa shape index (κ2) is 7.47. The lowest BCUT2D eigenvalue weighted by molar-refractivity contribution is -0.132. The van der Waals surface area contributed by atoms with Gasteiger partial charge in [0.1, 0.15) is 0 Å². The molecule has 0 saturated heterocycles. The van der Waals surface area contributed by atoms with Crippen molar-refractivity contribution in [1.29, 1.82) is 0 Å². The molecule has 0 aliphatic heterocycles. The van der Waals surface area contributed by atoms with Crippen molar-refractivity contribution in [2.24, 2.45) is 0 Å². The van der Waals surface area contributed by atoms with Crippen LogP contribution >= 0.6 is 0 Å². The molecule has 3 rings (SSSR count). The smallest absolute Gasteiger partial charge is 0.261 e. The van der Waals surface area contributed by atoms with Crippen LogP contribution in [0.1, 0.15) is 30.5 Å². The van der Waals surface area contributed by atoms with Gasteiger partial charge in [-0.25, -0.2) is 4.98 Å². The summed E-state index contributed by atoms with van der Waals surface area (Å²) >= 11 is 0. The lowest BCUT2D eigenvalue weighted by Crippen LogP contribution is -2.31. The van der Waals surface area contributed by atoms with Crippen LogP contribution in [0, 0.1) is 6.92 Å². The molecule has 2 heterocycles. The molecular weight excluding hydrogens is 328 g/mol. The van der Waals surface area contributed by atoms with E-state index in [9.17, 15) is 9.59 Å². The average molecular weight is 350 g/mol. The molecule has 0 radical (unpaired) electrons. The fourth-order valence-electron chi connectivity index (χ4n) is 2.97. The predicted molar refractivity (Wildman–Crippen MR) is 101 cm³/mol. The number of rotatable bonds is 5. The van der Waals surface area contributed by atoms with Gasteiger partial charge in [0.2, 0.25) is 5.91 Å². The number of aromatic nitrogens is 3. The fraction of sp³-hybridized carbons (Fsp3) is 0.300. The Morgan fingerprint density at radius 2 is 1.96 bits per heavy atom. The Hall–Kier alpha value is -3.02. The summed E-state index contributed by atoms with van der Waals surface area (Å²) in [7, 11) is 1.78. The third-order valence-electron chi connectivity index (χ3n) is 4.78. The largest absolute Gasteiger partial charge is 0.339 e. The van der Waals surface area contributed by atoms with Gasteiger partial charge in [-0.1, -0.05) is 12.1 Å². The molecule has 0 aliphatic carbocycles. The third kappa shape index (κ3) is 3.49. The van der Waals surface area contributed by atoms with Gasteiger partial charge in [0.15, 0.2) is 0 Å². The SMILES string of the molecule is Cc1cccc2c(=O)n(CCC(=O)N(C)C(C)c3ccncc3)cnc12. The standard InChI is InChI=1S/C20H22N4O2/c1-14-5-4-6-17-19(14)22-13-24(20(17)26)12-9-18(25)23(3)15(2)16-7-10-21-11-8-16/h4-8,10-11,13,15H,9,12H2,1-3H3. The van der Waals surface area contributed by atoms with E-state index in [4.69, 9.17) is 0 Å². The molecule has 134 valence electrons. The number of aryl methyl sites for hydroxylation is 2. The number of pyridine rings is 1. The molecule has 6 heteroatoms. The Balaban J connectivity index is 1.72. The summed E-state index contributed by atoms with van der Waals surface area (Å²) in [6.07, 6.45) is 5.20. The highest BCUT2D eigenvalue weighted by molar-refractivity contribution is 5.80. The van der Waals surface area contributed by atoms with E-state index in [1.165, 1.54) is 10.9 Å².